The highest BCUT2D eigenvalue weighted by atomic mass is 35.5. The number of carboxylic acid groups (broad SMARTS) is 1. The third-order valence-corrected chi connectivity index (χ3v) is 2.53. The topological polar surface area (TPSA) is 46.5 Å². The number of hydrogen-bond donors (Lipinski definition) is 1. The molecule has 0 aliphatic carbocycles. The number of carbonyl (C=O) groups is 1. The summed E-state index contributed by atoms with van der Waals surface area (Å²) in [5.41, 5.74) is -0.130. The molecule has 19 heavy (non-hydrogen) atoms. The van der Waals surface area contributed by atoms with Crippen molar-refractivity contribution in [2.24, 2.45) is 0 Å². The lowest BCUT2D eigenvalue weighted by Gasteiger charge is -2.09. The summed E-state index contributed by atoms with van der Waals surface area (Å²) in [5, 5.41) is 9.24. The third-order valence-electron chi connectivity index (χ3n) is 2.29. The molecule has 0 bridgehead atoms. The molecule has 2 aromatic carbocycles. The van der Waals surface area contributed by atoms with Crippen molar-refractivity contribution in [3.8, 4) is 11.5 Å². The number of halogens is 3. The molecule has 3 nitrogen and oxygen atoms in total. The van der Waals surface area contributed by atoms with Gasteiger partial charge in [-0.3, -0.25) is 0 Å². The predicted octanol–water partition coefficient (Wildman–Crippen LogP) is 4.11. The number of aromatic carboxylic acids is 1. The Labute approximate surface area is 112 Å². The van der Waals surface area contributed by atoms with Crippen LogP contribution in [-0.4, -0.2) is 11.1 Å². The Hall–Kier alpha value is -2.14. The highest BCUT2D eigenvalue weighted by Crippen LogP contribution is 2.29. The van der Waals surface area contributed by atoms with Crippen molar-refractivity contribution in [2.45, 2.75) is 0 Å². The minimum Gasteiger partial charge on any atom is -0.478 e. The van der Waals surface area contributed by atoms with Crippen LogP contribution in [0, 0.1) is 11.6 Å². The molecule has 0 spiro atoms. The summed E-state index contributed by atoms with van der Waals surface area (Å²) in [7, 11) is 0. The van der Waals surface area contributed by atoms with Gasteiger partial charge in [0.15, 0.2) is 11.6 Å². The van der Waals surface area contributed by atoms with Gasteiger partial charge in [0.25, 0.3) is 0 Å². The zero-order chi connectivity index (χ0) is 14.0. The standard InChI is InChI=1S/C13H7ClF2O3/c14-7-1-3-9(13(17)18)12(5-7)19-8-2-4-10(15)11(16)6-8/h1-6H,(H,17,18). The lowest BCUT2D eigenvalue weighted by Crippen LogP contribution is -2.00. The second-order valence-electron chi connectivity index (χ2n) is 3.62. The minimum absolute atomic E-state index is 0.0244. The molecule has 0 unspecified atom stereocenters. The maximum absolute atomic E-state index is 13.0. The highest BCUT2D eigenvalue weighted by molar-refractivity contribution is 6.30. The lowest BCUT2D eigenvalue weighted by molar-refractivity contribution is 0.0694. The van der Waals surface area contributed by atoms with Crippen molar-refractivity contribution < 1.29 is 23.4 Å². The summed E-state index contributed by atoms with van der Waals surface area (Å²) in [5.74, 6) is -3.39. The van der Waals surface area contributed by atoms with Crippen molar-refractivity contribution in [3.63, 3.8) is 0 Å². The molecule has 0 saturated heterocycles. The first kappa shape index (κ1) is 13.3. The van der Waals surface area contributed by atoms with Gasteiger partial charge in [0.2, 0.25) is 0 Å². The molecule has 98 valence electrons. The molecule has 0 amide bonds. The van der Waals surface area contributed by atoms with Gasteiger partial charge in [0, 0.05) is 17.2 Å². The summed E-state index contributed by atoms with van der Waals surface area (Å²) in [6, 6.07) is 6.83. The van der Waals surface area contributed by atoms with E-state index in [9.17, 15) is 13.6 Å². The number of ether oxygens (including phenoxy) is 1. The maximum atomic E-state index is 13.0. The van der Waals surface area contributed by atoms with E-state index < -0.39 is 17.6 Å². The van der Waals surface area contributed by atoms with Gasteiger partial charge in [-0.1, -0.05) is 11.6 Å². The van der Waals surface area contributed by atoms with Crippen LogP contribution in [0.15, 0.2) is 36.4 Å². The first-order chi connectivity index (χ1) is 8.97. The zero-order valence-corrected chi connectivity index (χ0v) is 10.1. The lowest BCUT2D eigenvalue weighted by atomic mass is 10.2. The number of carboxylic acids is 1. The molecule has 0 atom stereocenters. The fourth-order valence-electron chi connectivity index (χ4n) is 1.42. The molecule has 0 heterocycles. The summed E-state index contributed by atoms with van der Waals surface area (Å²) >= 11 is 5.74. The van der Waals surface area contributed by atoms with Gasteiger partial charge in [-0.2, -0.15) is 0 Å². The maximum Gasteiger partial charge on any atom is 0.339 e. The minimum atomic E-state index is -1.21. The van der Waals surface area contributed by atoms with E-state index in [2.05, 4.69) is 0 Å². The van der Waals surface area contributed by atoms with Crippen LogP contribution in [0.4, 0.5) is 8.78 Å². The van der Waals surface area contributed by atoms with Gasteiger partial charge in [-0.25, -0.2) is 13.6 Å². The summed E-state index contributed by atoms with van der Waals surface area (Å²) in [6.07, 6.45) is 0. The first-order valence-corrected chi connectivity index (χ1v) is 5.51. The molecule has 0 aromatic heterocycles. The highest BCUT2D eigenvalue weighted by Gasteiger charge is 2.13. The van der Waals surface area contributed by atoms with Gasteiger partial charge >= 0.3 is 5.97 Å². The SMILES string of the molecule is O=C(O)c1ccc(Cl)cc1Oc1ccc(F)c(F)c1. The van der Waals surface area contributed by atoms with Gasteiger partial charge in [-0.15, -0.1) is 0 Å². The third kappa shape index (κ3) is 3.00. The van der Waals surface area contributed by atoms with Gasteiger partial charge in [-0.05, 0) is 24.3 Å². The van der Waals surface area contributed by atoms with Crippen LogP contribution < -0.4 is 4.74 Å². The van der Waals surface area contributed by atoms with Gasteiger partial charge in [0.1, 0.15) is 17.1 Å². The molecule has 6 heteroatoms. The second kappa shape index (κ2) is 5.24. The Kier molecular flexibility index (Phi) is 3.66. The van der Waals surface area contributed by atoms with E-state index in [-0.39, 0.29) is 22.1 Å². The van der Waals surface area contributed by atoms with Crippen molar-refractivity contribution in [3.05, 3.63) is 58.6 Å². The Morgan fingerprint density at radius 3 is 2.47 bits per heavy atom. The molecule has 0 aliphatic heterocycles. The van der Waals surface area contributed by atoms with E-state index in [0.717, 1.165) is 12.1 Å². The number of benzene rings is 2. The molecular weight excluding hydrogens is 278 g/mol. The number of hydrogen-bond acceptors (Lipinski definition) is 2. The zero-order valence-electron chi connectivity index (χ0n) is 9.36. The van der Waals surface area contributed by atoms with E-state index >= 15 is 0 Å². The van der Waals surface area contributed by atoms with E-state index in [1.54, 1.807) is 0 Å². The fourth-order valence-corrected chi connectivity index (χ4v) is 1.59. The predicted molar refractivity (Wildman–Crippen MR) is 64.8 cm³/mol. The summed E-state index contributed by atoms with van der Waals surface area (Å²) < 4.78 is 31.0. The second-order valence-corrected chi connectivity index (χ2v) is 4.06. The molecular formula is C13H7ClF2O3. The average Bonchev–Trinajstić information content (AvgIpc) is 2.33. The Morgan fingerprint density at radius 2 is 1.84 bits per heavy atom. The first-order valence-electron chi connectivity index (χ1n) is 5.13. The van der Waals surface area contributed by atoms with Crippen molar-refractivity contribution >= 4 is 17.6 Å². The normalized spacial score (nSPS) is 10.3. The number of rotatable bonds is 3. The molecule has 1 N–H and O–H groups in total. The van der Waals surface area contributed by atoms with Crippen LogP contribution in [-0.2, 0) is 0 Å². The quantitative estimate of drug-likeness (QED) is 0.922. The van der Waals surface area contributed by atoms with Crippen LogP contribution in [0.1, 0.15) is 10.4 Å². The smallest absolute Gasteiger partial charge is 0.339 e. The van der Waals surface area contributed by atoms with E-state index in [1.165, 1.54) is 24.3 Å². The Morgan fingerprint density at radius 1 is 1.11 bits per heavy atom. The van der Waals surface area contributed by atoms with E-state index in [0.29, 0.717) is 0 Å². The largest absolute Gasteiger partial charge is 0.478 e. The van der Waals surface area contributed by atoms with Crippen LogP contribution in [0.2, 0.25) is 5.02 Å². The molecule has 0 saturated carbocycles. The summed E-state index contributed by atoms with van der Waals surface area (Å²) in [6.45, 7) is 0. The molecule has 0 fully saturated rings. The molecule has 2 rings (SSSR count). The molecule has 0 aliphatic rings. The summed E-state index contributed by atoms with van der Waals surface area (Å²) in [4.78, 5) is 11.0. The monoisotopic (exact) mass is 284 g/mol. The average molecular weight is 285 g/mol. The Bertz CT molecular complexity index is 644. The van der Waals surface area contributed by atoms with E-state index in [4.69, 9.17) is 21.4 Å². The Balaban J connectivity index is 2.39. The van der Waals surface area contributed by atoms with Crippen LogP contribution in [0.25, 0.3) is 0 Å². The van der Waals surface area contributed by atoms with Crippen molar-refractivity contribution in [1.29, 1.82) is 0 Å². The van der Waals surface area contributed by atoms with Crippen LogP contribution in [0.3, 0.4) is 0 Å². The molecule has 0 radical (unpaired) electrons. The van der Waals surface area contributed by atoms with Crippen molar-refractivity contribution in [1.82, 2.24) is 0 Å². The van der Waals surface area contributed by atoms with Gasteiger partial charge in [0.05, 0.1) is 0 Å². The van der Waals surface area contributed by atoms with E-state index in [1.807, 2.05) is 0 Å². The van der Waals surface area contributed by atoms with Crippen LogP contribution >= 0.6 is 11.6 Å². The fraction of sp³-hybridized carbons (Fsp3) is 0. The van der Waals surface area contributed by atoms with Crippen molar-refractivity contribution in [2.75, 3.05) is 0 Å². The van der Waals surface area contributed by atoms with Gasteiger partial charge < -0.3 is 9.84 Å². The molecule has 2 aromatic rings. The van der Waals surface area contributed by atoms with Crippen LogP contribution in [0.5, 0.6) is 11.5 Å².